The van der Waals surface area contributed by atoms with Crippen molar-refractivity contribution in [2.45, 2.75) is 6.54 Å². The first-order chi connectivity index (χ1) is 14.1. The second kappa shape index (κ2) is 6.63. The Hall–Kier alpha value is -3.87. The number of hydrogen-bond donors (Lipinski definition) is 0. The van der Waals surface area contributed by atoms with E-state index >= 15 is 0 Å². The Balaban J connectivity index is 1.58. The summed E-state index contributed by atoms with van der Waals surface area (Å²) in [6, 6.07) is 12.6. The number of benzene rings is 2. The number of rotatable bonds is 3. The Morgan fingerprint density at radius 2 is 1.97 bits per heavy atom. The minimum atomic E-state index is -0.366. The van der Waals surface area contributed by atoms with Crippen molar-refractivity contribution in [2.24, 2.45) is 7.05 Å². The average molecular weight is 385 g/mol. The van der Waals surface area contributed by atoms with Gasteiger partial charge < -0.3 is 4.57 Å². The number of pyridine rings is 1. The first-order valence-corrected chi connectivity index (χ1v) is 9.11. The topological polar surface area (TPSA) is 65.6 Å². The highest BCUT2D eigenvalue weighted by molar-refractivity contribution is 5.94. The molecular formula is C22H16FN5O. The molecule has 0 spiro atoms. The van der Waals surface area contributed by atoms with E-state index in [4.69, 9.17) is 0 Å². The van der Waals surface area contributed by atoms with Crippen molar-refractivity contribution >= 4 is 21.9 Å². The largest absolute Gasteiger partial charge is 0.301 e. The highest BCUT2D eigenvalue weighted by Crippen LogP contribution is 2.29. The molecule has 0 aliphatic carbocycles. The van der Waals surface area contributed by atoms with Crippen LogP contribution in [-0.4, -0.2) is 24.3 Å². The van der Waals surface area contributed by atoms with Crippen LogP contribution in [0.15, 0.2) is 72.0 Å². The SMILES string of the molecule is Cn1cc2c(-c3ccc(Cn4c(=O)cnc5cnccc54)c(F)c3)cccc2n1. The number of halogens is 1. The lowest BCUT2D eigenvalue weighted by molar-refractivity contribution is 0.599. The molecule has 0 N–H and O–H groups in total. The van der Waals surface area contributed by atoms with Gasteiger partial charge in [0.15, 0.2) is 0 Å². The van der Waals surface area contributed by atoms with Crippen molar-refractivity contribution in [3.63, 3.8) is 0 Å². The predicted molar refractivity (Wildman–Crippen MR) is 109 cm³/mol. The van der Waals surface area contributed by atoms with Gasteiger partial charge in [0.25, 0.3) is 5.56 Å². The van der Waals surface area contributed by atoms with Crippen molar-refractivity contribution in [3.05, 3.63) is 89.0 Å². The van der Waals surface area contributed by atoms with Crippen LogP contribution in [-0.2, 0) is 13.6 Å². The number of nitrogens with zero attached hydrogens (tertiary/aromatic N) is 5. The van der Waals surface area contributed by atoms with Gasteiger partial charge in [-0.1, -0.05) is 24.3 Å². The molecule has 2 aromatic carbocycles. The van der Waals surface area contributed by atoms with Gasteiger partial charge in [-0.3, -0.25) is 14.5 Å². The highest BCUT2D eigenvalue weighted by Gasteiger charge is 2.12. The maximum Gasteiger partial charge on any atom is 0.269 e. The molecule has 0 unspecified atom stereocenters. The fraction of sp³-hybridized carbons (Fsp3) is 0.0909. The smallest absolute Gasteiger partial charge is 0.269 e. The first kappa shape index (κ1) is 17.2. The van der Waals surface area contributed by atoms with Crippen LogP contribution in [0, 0.1) is 5.82 Å². The lowest BCUT2D eigenvalue weighted by Crippen LogP contribution is -2.21. The van der Waals surface area contributed by atoms with Gasteiger partial charge in [-0.25, -0.2) is 9.37 Å². The molecule has 0 fully saturated rings. The third-order valence-corrected chi connectivity index (χ3v) is 5.01. The van der Waals surface area contributed by atoms with E-state index in [2.05, 4.69) is 15.1 Å². The summed E-state index contributed by atoms with van der Waals surface area (Å²) in [5, 5.41) is 5.37. The minimum absolute atomic E-state index is 0.116. The van der Waals surface area contributed by atoms with E-state index < -0.39 is 0 Å². The molecule has 0 atom stereocenters. The number of aryl methyl sites for hydroxylation is 1. The highest BCUT2D eigenvalue weighted by atomic mass is 19.1. The molecule has 0 amide bonds. The van der Waals surface area contributed by atoms with Gasteiger partial charge in [-0.2, -0.15) is 5.10 Å². The molecular weight excluding hydrogens is 369 g/mol. The minimum Gasteiger partial charge on any atom is -0.301 e. The summed E-state index contributed by atoms with van der Waals surface area (Å²) in [7, 11) is 1.86. The molecule has 7 heteroatoms. The summed E-state index contributed by atoms with van der Waals surface area (Å²) in [5.74, 6) is -0.366. The van der Waals surface area contributed by atoms with Crippen molar-refractivity contribution < 1.29 is 4.39 Å². The van der Waals surface area contributed by atoms with E-state index in [1.807, 2.05) is 37.5 Å². The maximum atomic E-state index is 15.0. The average Bonchev–Trinajstić information content (AvgIpc) is 3.11. The van der Waals surface area contributed by atoms with Gasteiger partial charge in [-0.05, 0) is 29.3 Å². The molecule has 6 nitrogen and oxygen atoms in total. The molecule has 3 aromatic heterocycles. The van der Waals surface area contributed by atoms with Crippen LogP contribution in [0.25, 0.3) is 33.1 Å². The third kappa shape index (κ3) is 2.97. The molecule has 0 aliphatic heterocycles. The summed E-state index contributed by atoms with van der Waals surface area (Å²) >= 11 is 0. The van der Waals surface area contributed by atoms with Crippen molar-refractivity contribution in [2.75, 3.05) is 0 Å². The zero-order valence-electron chi connectivity index (χ0n) is 15.6. The Labute approximate surface area is 164 Å². The molecule has 0 bridgehead atoms. The lowest BCUT2D eigenvalue weighted by Gasteiger charge is -2.11. The summed E-state index contributed by atoms with van der Waals surface area (Å²) in [5.41, 5.74) is 3.90. The Morgan fingerprint density at radius 3 is 2.83 bits per heavy atom. The third-order valence-electron chi connectivity index (χ3n) is 5.01. The molecule has 0 aliphatic rings. The molecule has 29 heavy (non-hydrogen) atoms. The Bertz CT molecular complexity index is 1440. The Kier molecular flexibility index (Phi) is 3.94. The summed E-state index contributed by atoms with van der Waals surface area (Å²) in [4.78, 5) is 20.4. The van der Waals surface area contributed by atoms with E-state index in [9.17, 15) is 9.18 Å². The van der Waals surface area contributed by atoms with Crippen LogP contribution in [0.5, 0.6) is 0 Å². The molecule has 5 aromatic rings. The van der Waals surface area contributed by atoms with Gasteiger partial charge in [0.1, 0.15) is 11.3 Å². The fourth-order valence-corrected chi connectivity index (χ4v) is 3.61. The van der Waals surface area contributed by atoms with E-state index in [0.717, 1.165) is 22.0 Å². The van der Waals surface area contributed by atoms with Crippen molar-refractivity contribution in [3.8, 4) is 11.1 Å². The van der Waals surface area contributed by atoms with Gasteiger partial charge in [-0.15, -0.1) is 0 Å². The quantitative estimate of drug-likeness (QED) is 0.477. The number of hydrogen-bond acceptors (Lipinski definition) is 4. The molecule has 3 heterocycles. The summed E-state index contributed by atoms with van der Waals surface area (Å²) in [6.45, 7) is 0.116. The first-order valence-electron chi connectivity index (χ1n) is 9.11. The summed E-state index contributed by atoms with van der Waals surface area (Å²) < 4.78 is 18.2. The summed E-state index contributed by atoms with van der Waals surface area (Å²) in [6.07, 6.45) is 6.33. The van der Waals surface area contributed by atoms with Crippen LogP contribution in [0.1, 0.15) is 5.56 Å². The van der Waals surface area contributed by atoms with Crippen molar-refractivity contribution in [1.29, 1.82) is 0 Å². The second-order valence-electron chi connectivity index (χ2n) is 6.89. The van der Waals surface area contributed by atoms with E-state index in [1.165, 1.54) is 16.8 Å². The maximum absolute atomic E-state index is 15.0. The van der Waals surface area contributed by atoms with Crippen LogP contribution in [0.4, 0.5) is 4.39 Å². The zero-order chi connectivity index (χ0) is 20.0. The van der Waals surface area contributed by atoms with E-state index in [0.29, 0.717) is 16.6 Å². The number of aromatic nitrogens is 5. The second-order valence-corrected chi connectivity index (χ2v) is 6.89. The standard InChI is InChI=1S/C22H16FN5O/c1-27-13-17-16(3-2-4-19(17)26-27)14-5-6-15(18(23)9-14)12-28-21-7-8-24-10-20(21)25-11-22(28)29/h2-11,13H,12H2,1H3. The molecule has 0 saturated carbocycles. The predicted octanol–water partition coefficient (Wildman–Crippen LogP) is 3.53. The van der Waals surface area contributed by atoms with Gasteiger partial charge in [0.2, 0.25) is 0 Å². The van der Waals surface area contributed by atoms with Gasteiger partial charge >= 0.3 is 0 Å². The lowest BCUT2D eigenvalue weighted by atomic mass is 10.0. The monoisotopic (exact) mass is 385 g/mol. The Morgan fingerprint density at radius 1 is 1.07 bits per heavy atom. The normalized spacial score (nSPS) is 11.4. The fourth-order valence-electron chi connectivity index (χ4n) is 3.61. The van der Waals surface area contributed by atoms with E-state index in [-0.39, 0.29) is 17.9 Å². The van der Waals surface area contributed by atoms with Crippen LogP contribution in [0.3, 0.4) is 0 Å². The molecule has 5 rings (SSSR count). The van der Waals surface area contributed by atoms with Crippen LogP contribution < -0.4 is 5.56 Å². The molecule has 0 radical (unpaired) electrons. The van der Waals surface area contributed by atoms with E-state index in [1.54, 1.807) is 29.2 Å². The van der Waals surface area contributed by atoms with Crippen molar-refractivity contribution in [1.82, 2.24) is 24.3 Å². The molecule has 142 valence electrons. The molecule has 0 saturated heterocycles. The van der Waals surface area contributed by atoms with Crippen LogP contribution in [0.2, 0.25) is 0 Å². The van der Waals surface area contributed by atoms with Gasteiger partial charge in [0, 0.05) is 30.4 Å². The van der Waals surface area contributed by atoms with Crippen LogP contribution >= 0.6 is 0 Å². The van der Waals surface area contributed by atoms with Gasteiger partial charge in [0.05, 0.1) is 30.0 Å². The number of fused-ring (bicyclic) bond motifs is 2. The zero-order valence-corrected chi connectivity index (χ0v) is 15.6.